The van der Waals surface area contributed by atoms with Gasteiger partial charge in [-0.3, -0.25) is 0 Å². The Balaban J connectivity index is 1.88. The number of rotatable bonds is 3. The van der Waals surface area contributed by atoms with Gasteiger partial charge in [0.2, 0.25) is 0 Å². The van der Waals surface area contributed by atoms with Crippen molar-refractivity contribution in [2.24, 2.45) is 10.3 Å². The predicted molar refractivity (Wildman–Crippen MR) is 125 cm³/mol. The summed E-state index contributed by atoms with van der Waals surface area (Å²) in [5, 5.41) is 12.7. The molecule has 0 unspecified atom stereocenters. The van der Waals surface area contributed by atoms with E-state index >= 15 is 0 Å². The number of allylic oxidation sites excluding steroid dienone is 5. The van der Waals surface area contributed by atoms with Crippen molar-refractivity contribution in [3.05, 3.63) is 64.6 Å². The molecule has 168 valence electrons. The molecule has 1 saturated heterocycles. The van der Waals surface area contributed by atoms with Gasteiger partial charge in [0.25, 0.3) is 10.0 Å². The highest BCUT2D eigenvalue weighted by molar-refractivity contribution is 7.90. The van der Waals surface area contributed by atoms with E-state index in [0.717, 1.165) is 37.1 Å². The Morgan fingerprint density at radius 2 is 1.65 bits per heavy atom. The fraction of sp³-hybridized carbons (Fsp3) is 0.480. The van der Waals surface area contributed by atoms with Crippen LogP contribution in [-0.4, -0.2) is 32.1 Å². The van der Waals surface area contributed by atoms with Crippen LogP contribution in [0.1, 0.15) is 57.2 Å². The number of likely N-dealkylation sites (tertiary alicyclic amines) is 1. The Hall–Kier alpha value is -2.34. The molecule has 0 atom stereocenters. The van der Waals surface area contributed by atoms with Crippen LogP contribution in [0.2, 0.25) is 0 Å². The SMILES string of the molecule is Cc1cc(C(C)(C)C)cc(S(=O)(=O)N=C2C=CC(=C([O-])N3CCC(C)CC3)C=C2)c1C. The molecule has 0 aromatic heterocycles. The number of sulfonamides is 1. The minimum Gasteiger partial charge on any atom is -0.860 e. The van der Waals surface area contributed by atoms with Gasteiger partial charge in [-0.05, 0) is 84.4 Å². The van der Waals surface area contributed by atoms with Crippen molar-refractivity contribution in [1.82, 2.24) is 4.90 Å². The normalized spacial score (nSPS) is 17.9. The highest BCUT2D eigenvalue weighted by Crippen LogP contribution is 2.30. The van der Waals surface area contributed by atoms with E-state index in [1.54, 1.807) is 30.4 Å². The van der Waals surface area contributed by atoms with Crippen LogP contribution in [0, 0.1) is 19.8 Å². The van der Waals surface area contributed by atoms with Crippen LogP contribution in [-0.2, 0) is 15.4 Å². The summed E-state index contributed by atoms with van der Waals surface area (Å²) in [5.41, 5.74) is 3.31. The molecular weight excluding hydrogens is 408 g/mol. The summed E-state index contributed by atoms with van der Waals surface area (Å²) in [7, 11) is -3.88. The summed E-state index contributed by atoms with van der Waals surface area (Å²) in [6, 6.07) is 3.77. The number of benzene rings is 1. The first-order valence-electron chi connectivity index (χ1n) is 10.9. The maximum atomic E-state index is 13.1. The molecule has 0 bridgehead atoms. The van der Waals surface area contributed by atoms with Crippen molar-refractivity contribution in [3.8, 4) is 0 Å². The molecule has 31 heavy (non-hydrogen) atoms. The molecular formula is C25H33N2O3S-. The van der Waals surface area contributed by atoms with Gasteiger partial charge in [-0.15, -0.1) is 0 Å². The van der Waals surface area contributed by atoms with Crippen LogP contribution >= 0.6 is 0 Å². The monoisotopic (exact) mass is 441 g/mol. The third kappa shape index (κ3) is 5.29. The van der Waals surface area contributed by atoms with Crippen LogP contribution < -0.4 is 5.11 Å². The third-order valence-electron chi connectivity index (χ3n) is 6.17. The summed E-state index contributed by atoms with van der Waals surface area (Å²) in [4.78, 5) is 2.10. The molecule has 1 aliphatic heterocycles. The fourth-order valence-corrected chi connectivity index (χ4v) is 5.10. The topological polar surface area (TPSA) is 72.8 Å². The number of piperidine rings is 1. The van der Waals surface area contributed by atoms with Crippen molar-refractivity contribution in [3.63, 3.8) is 0 Å². The molecule has 0 radical (unpaired) electrons. The lowest BCUT2D eigenvalue weighted by Crippen LogP contribution is -2.37. The van der Waals surface area contributed by atoms with E-state index in [9.17, 15) is 13.5 Å². The van der Waals surface area contributed by atoms with Gasteiger partial charge in [0.1, 0.15) is 0 Å². The van der Waals surface area contributed by atoms with Crippen molar-refractivity contribution in [2.45, 2.75) is 64.7 Å². The molecule has 1 aromatic carbocycles. The molecule has 6 heteroatoms. The van der Waals surface area contributed by atoms with Crippen molar-refractivity contribution in [2.75, 3.05) is 13.1 Å². The quantitative estimate of drug-likeness (QED) is 0.660. The summed E-state index contributed by atoms with van der Waals surface area (Å²) < 4.78 is 30.3. The maximum Gasteiger partial charge on any atom is 0.283 e. The first-order valence-corrected chi connectivity index (χ1v) is 12.3. The summed E-state index contributed by atoms with van der Waals surface area (Å²) in [5.74, 6) is 0.643. The van der Waals surface area contributed by atoms with Gasteiger partial charge in [0, 0.05) is 13.1 Å². The second-order valence-electron chi connectivity index (χ2n) is 9.75. The Kier molecular flexibility index (Phi) is 6.51. The molecule has 3 rings (SSSR count). The van der Waals surface area contributed by atoms with Gasteiger partial charge in [0.05, 0.1) is 10.6 Å². The second kappa shape index (κ2) is 8.65. The Labute approximate surface area is 186 Å². The van der Waals surface area contributed by atoms with E-state index in [1.165, 1.54) is 0 Å². The number of hydrogen-bond acceptors (Lipinski definition) is 4. The summed E-state index contributed by atoms with van der Waals surface area (Å²) in [6.45, 7) is 13.7. The number of aryl methyl sites for hydroxylation is 1. The van der Waals surface area contributed by atoms with Gasteiger partial charge in [0.15, 0.2) is 0 Å². The molecule has 0 saturated carbocycles. The Morgan fingerprint density at radius 1 is 1.06 bits per heavy atom. The highest BCUT2D eigenvalue weighted by atomic mass is 32.2. The van der Waals surface area contributed by atoms with Crippen molar-refractivity contribution >= 4 is 15.7 Å². The largest absolute Gasteiger partial charge is 0.860 e. The van der Waals surface area contributed by atoms with E-state index in [1.807, 2.05) is 24.8 Å². The lowest BCUT2D eigenvalue weighted by atomic mass is 9.85. The van der Waals surface area contributed by atoms with E-state index < -0.39 is 10.0 Å². The van der Waals surface area contributed by atoms with Crippen molar-refractivity contribution in [1.29, 1.82) is 0 Å². The molecule has 0 spiro atoms. The lowest BCUT2D eigenvalue weighted by molar-refractivity contribution is -0.335. The molecule has 2 aliphatic rings. The van der Waals surface area contributed by atoms with Crippen LogP contribution in [0.3, 0.4) is 0 Å². The van der Waals surface area contributed by atoms with Crippen molar-refractivity contribution < 1.29 is 13.5 Å². The summed E-state index contributed by atoms with van der Waals surface area (Å²) >= 11 is 0. The van der Waals surface area contributed by atoms with Crippen LogP contribution in [0.15, 0.2) is 57.2 Å². The fourth-order valence-electron chi connectivity index (χ4n) is 3.77. The molecule has 0 amide bonds. The van der Waals surface area contributed by atoms with Gasteiger partial charge in [-0.2, -0.15) is 12.8 Å². The summed E-state index contributed by atoms with van der Waals surface area (Å²) in [6.07, 6.45) is 8.57. The number of nitrogens with zero attached hydrogens (tertiary/aromatic N) is 2. The van der Waals surface area contributed by atoms with Gasteiger partial charge < -0.3 is 10.0 Å². The van der Waals surface area contributed by atoms with Gasteiger partial charge in [-0.25, -0.2) is 0 Å². The highest BCUT2D eigenvalue weighted by Gasteiger charge is 2.23. The number of hydrogen-bond donors (Lipinski definition) is 0. The molecule has 1 heterocycles. The molecule has 1 aliphatic carbocycles. The molecule has 1 aromatic rings. The Morgan fingerprint density at radius 3 is 2.19 bits per heavy atom. The smallest absolute Gasteiger partial charge is 0.283 e. The maximum absolute atomic E-state index is 13.1. The average molecular weight is 442 g/mol. The van der Waals surface area contributed by atoms with E-state index in [4.69, 9.17) is 0 Å². The standard InChI is InChI=1S/C25H34N2O3S/c1-17-11-13-27(14-12-17)24(28)20-7-9-22(10-8-20)26-31(29,30)23-16-21(25(4,5)6)15-18(2)19(23)3/h7-10,15-17,28H,11-14H2,1-6H3/p-1. The zero-order valence-corrected chi connectivity index (χ0v) is 20.2. The molecule has 1 fully saturated rings. The minimum atomic E-state index is -3.88. The minimum absolute atomic E-state index is 0.00865. The molecule has 5 nitrogen and oxygen atoms in total. The zero-order valence-electron chi connectivity index (χ0n) is 19.4. The first-order chi connectivity index (χ1) is 14.4. The van der Waals surface area contributed by atoms with Gasteiger partial charge in [-0.1, -0.05) is 45.9 Å². The lowest BCUT2D eigenvalue weighted by Gasteiger charge is -2.38. The van der Waals surface area contributed by atoms with E-state index in [0.29, 0.717) is 22.8 Å². The van der Waals surface area contributed by atoms with Gasteiger partial charge >= 0.3 is 0 Å². The first kappa shape index (κ1) is 23.3. The predicted octanol–water partition coefficient (Wildman–Crippen LogP) is 4.16. The Bertz CT molecular complexity index is 1060. The van der Waals surface area contributed by atoms with Crippen LogP contribution in [0.5, 0.6) is 0 Å². The van der Waals surface area contributed by atoms with Crippen LogP contribution in [0.25, 0.3) is 0 Å². The second-order valence-corrected chi connectivity index (χ2v) is 11.3. The van der Waals surface area contributed by atoms with Crippen LogP contribution in [0.4, 0.5) is 0 Å². The van der Waals surface area contributed by atoms with E-state index in [-0.39, 0.29) is 16.2 Å². The molecule has 0 N–H and O–H groups in total. The zero-order chi connectivity index (χ0) is 23.0. The van der Waals surface area contributed by atoms with E-state index in [2.05, 4.69) is 32.1 Å². The average Bonchev–Trinajstić information content (AvgIpc) is 2.69. The third-order valence-corrected chi connectivity index (χ3v) is 7.61.